The summed E-state index contributed by atoms with van der Waals surface area (Å²) in [5.74, 6) is 0.441. The third kappa shape index (κ3) is 4.23. The molecule has 0 saturated heterocycles. The summed E-state index contributed by atoms with van der Waals surface area (Å²) >= 11 is 0. The fourth-order valence-corrected chi connectivity index (χ4v) is 2.90. The molecule has 0 aliphatic carbocycles. The van der Waals surface area contributed by atoms with Crippen LogP contribution in [0.15, 0.2) is 17.0 Å². The van der Waals surface area contributed by atoms with Crippen molar-refractivity contribution in [3.05, 3.63) is 12.1 Å². The Balaban J connectivity index is 3.16. The van der Waals surface area contributed by atoms with Crippen LogP contribution in [-0.2, 0) is 10.0 Å². The van der Waals surface area contributed by atoms with Gasteiger partial charge in [-0.05, 0) is 19.4 Å². The van der Waals surface area contributed by atoms with E-state index >= 15 is 0 Å². The Morgan fingerprint density at radius 1 is 1.29 bits per heavy atom. The van der Waals surface area contributed by atoms with Crippen LogP contribution in [0.3, 0.4) is 0 Å². The second-order valence-corrected chi connectivity index (χ2v) is 6.66. The van der Waals surface area contributed by atoms with Crippen LogP contribution in [0.1, 0.15) is 20.3 Å². The zero-order valence-electron chi connectivity index (χ0n) is 12.6. The average molecular weight is 318 g/mol. The minimum absolute atomic E-state index is 0.102. The van der Waals surface area contributed by atoms with Gasteiger partial charge in [0.05, 0.1) is 25.5 Å². The van der Waals surface area contributed by atoms with E-state index in [1.165, 1.54) is 26.4 Å². The molecule has 1 unspecified atom stereocenters. The number of nitrogen functional groups attached to an aromatic ring is 1. The maximum atomic E-state index is 12.3. The number of rotatable bonds is 7. The number of nitrogens with two attached hydrogens (primary N) is 1. The lowest BCUT2D eigenvalue weighted by Crippen LogP contribution is -2.40. The van der Waals surface area contributed by atoms with Crippen LogP contribution in [0.2, 0.25) is 0 Å². The summed E-state index contributed by atoms with van der Waals surface area (Å²) in [6.45, 7) is 3.20. The molecule has 7 nitrogen and oxygen atoms in total. The second kappa shape index (κ2) is 6.50. The molecule has 0 amide bonds. The highest BCUT2D eigenvalue weighted by molar-refractivity contribution is 7.89. The highest BCUT2D eigenvalue weighted by Crippen LogP contribution is 2.33. The second-order valence-electron chi connectivity index (χ2n) is 4.92. The Kier molecular flexibility index (Phi) is 5.43. The third-order valence-corrected chi connectivity index (χ3v) is 4.63. The van der Waals surface area contributed by atoms with Gasteiger partial charge in [-0.1, -0.05) is 6.92 Å². The van der Waals surface area contributed by atoms with Crippen molar-refractivity contribution < 1.29 is 23.0 Å². The predicted molar refractivity (Wildman–Crippen MR) is 80.1 cm³/mol. The molecule has 1 rings (SSSR count). The molecule has 0 fully saturated rings. The molecule has 0 heterocycles. The van der Waals surface area contributed by atoms with Gasteiger partial charge in [0.25, 0.3) is 0 Å². The highest BCUT2D eigenvalue weighted by atomic mass is 32.2. The molecular weight excluding hydrogens is 296 g/mol. The zero-order chi connectivity index (χ0) is 16.3. The number of sulfonamides is 1. The van der Waals surface area contributed by atoms with Gasteiger partial charge in [0.15, 0.2) is 0 Å². The van der Waals surface area contributed by atoms with Crippen LogP contribution in [-0.4, -0.2) is 39.9 Å². The molecule has 8 heteroatoms. The molecule has 0 aliphatic rings. The first kappa shape index (κ1) is 17.5. The number of aliphatic hydroxyl groups is 1. The predicted octanol–water partition coefficient (Wildman–Crippen LogP) is 0.725. The summed E-state index contributed by atoms with van der Waals surface area (Å²) in [5, 5.41) is 9.89. The lowest BCUT2D eigenvalue weighted by atomic mass is 10.1. The molecule has 4 N–H and O–H groups in total. The van der Waals surface area contributed by atoms with E-state index in [4.69, 9.17) is 15.2 Å². The van der Waals surface area contributed by atoms with Gasteiger partial charge in [-0.15, -0.1) is 0 Å². The Labute approximate surface area is 125 Å². The first-order valence-corrected chi connectivity index (χ1v) is 7.88. The topological polar surface area (TPSA) is 111 Å². The minimum Gasteiger partial charge on any atom is -0.495 e. The van der Waals surface area contributed by atoms with E-state index in [1.54, 1.807) is 13.8 Å². The van der Waals surface area contributed by atoms with E-state index in [0.29, 0.717) is 12.2 Å². The standard InChI is InChI=1S/C13H22N2O5S/c1-5-13(2,16)8-15-21(17,18)12-6-9(14)10(19-3)7-11(12)20-4/h6-7,15-16H,5,8,14H2,1-4H3. The molecule has 21 heavy (non-hydrogen) atoms. The van der Waals surface area contributed by atoms with Crippen LogP contribution < -0.4 is 19.9 Å². The van der Waals surface area contributed by atoms with Crippen LogP contribution in [0.5, 0.6) is 11.5 Å². The van der Waals surface area contributed by atoms with E-state index in [0.717, 1.165) is 0 Å². The Bertz CT molecular complexity index is 599. The van der Waals surface area contributed by atoms with Crippen molar-refractivity contribution in [1.29, 1.82) is 0 Å². The van der Waals surface area contributed by atoms with E-state index in [2.05, 4.69) is 4.72 Å². The summed E-state index contributed by atoms with van der Waals surface area (Å²) in [6.07, 6.45) is 0.414. The number of methoxy groups -OCH3 is 2. The summed E-state index contributed by atoms with van der Waals surface area (Å²) in [7, 11) is -1.08. The zero-order valence-corrected chi connectivity index (χ0v) is 13.5. The quantitative estimate of drug-likeness (QED) is 0.639. The lowest BCUT2D eigenvalue weighted by molar-refractivity contribution is 0.0613. The SMILES string of the molecule is CCC(C)(O)CNS(=O)(=O)c1cc(N)c(OC)cc1OC. The van der Waals surface area contributed by atoms with Crippen molar-refractivity contribution in [2.45, 2.75) is 30.8 Å². The minimum atomic E-state index is -3.86. The molecule has 0 spiro atoms. The molecule has 0 radical (unpaired) electrons. The number of nitrogens with one attached hydrogen (secondary N) is 1. The van der Waals surface area contributed by atoms with Crippen LogP contribution in [0.4, 0.5) is 5.69 Å². The van der Waals surface area contributed by atoms with E-state index < -0.39 is 15.6 Å². The number of benzene rings is 1. The molecule has 1 aromatic carbocycles. The molecule has 0 bridgehead atoms. The third-order valence-electron chi connectivity index (χ3n) is 3.21. The first-order valence-electron chi connectivity index (χ1n) is 6.40. The van der Waals surface area contributed by atoms with E-state index in [-0.39, 0.29) is 22.9 Å². The average Bonchev–Trinajstić information content (AvgIpc) is 2.45. The Hall–Kier alpha value is -1.51. The fourth-order valence-electron chi connectivity index (χ4n) is 1.56. The van der Waals surface area contributed by atoms with Crippen molar-refractivity contribution in [1.82, 2.24) is 4.72 Å². The molecule has 1 atom stereocenters. The smallest absolute Gasteiger partial charge is 0.244 e. The van der Waals surface area contributed by atoms with Crippen molar-refractivity contribution in [2.75, 3.05) is 26.5 Å². The number of ether oxygens (including phenoxy) is 2. The highest BCUT2D eigenvalue weighted by Gasteiger charge is 2.26. The van der Waals surface area contributed by atoms with Gasteiger partial charge < -0.3 is 20.3 Å². The fraction of sp³-hybridized carbons (Fsp3) is 0.538. The van der Waals surface area contributed by atoms with Gasteiger partial charge in [-0.25, -0.2) is 13.1 Å². The Morgan fingerprint density at radius 2 is 1.86 bits per heavy atom. The monoisotopic (exact) mass is 318 g/mol. The summed E-state index contributed by atoms with van der Waals surface area (Å²) in [6, 6.07) is 2.67. The molecule has 0 aliphatic heterocycles. The largest absolute Gasteiger partial charge is 0.495 e. The normalized spacial score (nSPS) is 14.5. The van der Waals surface area contributed by atoms with Crippen molar-refractivity contribution in [3.8, 4) is 11.5 Å². The van der Waals surface area contributed by atoms with Gasteiger partial charge in [-0.2, -0.15) is 0 Å². The number of hydrogen-bond acceptors (Lipinski definition) is 6. The maximum Gasteiger partial charge on any atom is 0.244 e. The summed E-state index contributed by atoms with van der Waals surface area (Å²) in [4.78, 5) is -0.102. The maximum absolute atomic E-state index is 12.3. The lowest BCUT2D eigenvalue weighted by Gasteiger charge is -2.22. The van der Waals surface area contributed by atoms with Gasteiger partial charge >= 0.3 is 0 Å². The molecule has 0 saturated carbocycles. The molecule has 120 valence electrons. The van der Waals surface area contributed by atoms with Crippen LogP contribution in [0.25, 0.3) is 0 Å². The number of hydrogen-bond donors (Lipinski definition) is 3. The van der Waals surface area contributed by atoms with E-state index in [1.807, 2.05) is 0 Å². The van der Waals surface area contributed by atoms with E-state index in [9.17, 15) is 13.5 Å². The number of anilines is 1. The van der Waals surface area contributed by atoms with Crippen LogP contribution >= 0.6 is 0 Å². The Morgan fingerprint density at radius 3 is 2.33 bits per heavy atom. The molecule has 0 aromatic heterocycles. The summed E-state index contributed by atoms with van der Waals surface area (Å²) < 4.78 is 37.1. The van der Waals surface area contributed by atoms with Crippen molar-refractivity contribution in [2.24, 2.45) is 0 Å². The van der Waals surface area contributed by atoms with Gasteiger partial charge in [0, 0.05) is 12.6 Å². The van der Waals surface area contributed by atoms with Gasteiger partial charge in [0.1, 0.15) is 16.4 Å². The molecular formula is C13H22N2O5S. The van der Waals surface area contributed by atoms with Gasteiger partial charge in [-0.3, -0.25) is 0 Å². The summed E-state index contributed by atoms with van der Waals surface area (Å²) in [5.41, 5.74) is 4.79. The van der Waals surface area contributed by atoms with Crippen molar-refractivity contribution >= 4 is 15.7 Å². The van der Waals surface area contributed by atoms with Gasteiger partial charge in [0.2, 0.25) is 10.0 Å². The van der Waals surface area contributed by atoms with Crippen molar-refractivity contribution in [3.63, 3.8) is 0 Å². The molecule has 1 aromatic rings. The van der Waals surface area contributed by atoms with Crippen LogP contribution in [0, 0.1) is 0 Å². The first-order chi connectivity index (χ1) is 9.66.